The second-order valence-electron chi connectivity index (χ2n) is 5.44. The Morgan fingerprint density at radius 1 is 1.59 bits per heavy atom. The van der Waals surface area contributed by atoms with Gasteiger partial charge in [0.15, 0.2) is 0 Å². The van der Waals surface area contributed by atoms with Gasteiger partial charge >= 0.3 is 6.09 Å². The van der Waals surface area contributed by atoms with Gasteiger partial charge in [0.1, 0.15) is 5.60 Å². The minimum absolute atomic E-state index is 0.00469. The fraction of sp³-hybridized carbons (Fsp3) is 0.667. The number of nitrogens with two attached hydrogens (primary N) is 1. The highest BCUT2D eigenvalue weighted by Gasteiger charge is 2.26. The van der Waals surface area contributed by atoms with Crippen molar-refractivity contribution in [3.8, 4) is 0 Å². The molecule has 0 saturated carbocycles. The van der Waals surface area contributed by atoms with Crippen LogP contribution in [-0.4, -0.2) is 21.5 Å². The highest BCUT2D eigenvalue weighted by atomic mass is 16.6. The second kappa shape index (κ2) is 4.14. The molecule has 17 heavy (non-hydrogen) atoms. The summed E-state index contributed by atoms with van der Waals surface area (Å²) in [5.74, 6) is 0. The lowest BCUT2D eigenvalue weighted by Gasteiger charge is -2.22. The van der Waals surface area contributed by atoms with Crippen LogP contribution in [0.25, 0.3) is 0 Å². The first kappa shape index (κ1) is 12.1. The van der Waals surface area contributed by atoms with Gasteiger partial charge in [0.2, 0.25) is 0 Å². The van der Waals surface area contributed by atoms with Crippen molar-refractivity contribution in [3.63, 3.8) is 0 Å². The lowest BCUT2D eigenvalue weighted by molar-refractivity contribution is 0.0508. The number of hydrogen-bond acceptors (Lipinski definition) is 4. The molecule has 1 aliphatic rings. The first-order chi connectivity index (χ1) is 7.88. The average molecular weight is 237 g/mol. The monoisotopic (exact) mass is 237 g/mol. The lowest BCUT2D eigenvalue weighted by Crippen LogP contribution is -2.29. The third kappa shape index (κ3) is 2.49. The van der Waals surface area contributed by atoms with Gasteiger partial charge in [-0.25, -0.2) is 4.79 Å². The molecule has 1 atom stereocenters. The Hall–Kier alpha value is -1.36. The number of nitrogens with zero attached hydrogens (tertiary/aromatic N) is 2. The Kier molecular flexibility index (Phi) is 2.95. The van der Waals surface area contributed by atoms with Gasteiger partial charge in [0, 0.05) is 11.6 Å². The van der Waals surface area contributed by atoms with Gasteiger partial charge in [-0.05, 0) is 40.0 Å². The van der Waals surface area contributed by atoms with Crippen molar-refractivity contribution in [3.05, 3.63) is 17.5 Å². The lowest BCUT2D eigenvalue weighted by atomic mass is 9.94. The molecule has 1 aromatic heterocycles. The number of aromatic nitrogens is 2. The molecule has 0 spiro atoms. The topological polar surface area (TPSA) is 70.1 Å². The SMILES string of the molecule is CC(C)(C)OC(=O)n1ncc2c1CCCC2N. The van der Waals surface area contributed by atoms with E-state index in [1.54, 1.807) is 6.20 Å². The largest absolute Gasteiger partial charge is 0.442 e. The molecule has 0 bridgehead atoms. The van der Waals surface area contributed by atoms with Crippen molar-refractivity contribution in [1.29, 1.82) is 0 Å². The van der Waals surface area contributed by atoms with E-state index in [-0.39, 0.29) is 6.04 Å². The normalized spacial score (nSPS) is 19.9. The van der Waals surface area contributed by atoms with Gasteiger partial charge < -0.3 is 10.5 Å². The number of hydrogen-bond donors (Lipinski definition) is 1. The zero-order chi connectivity index (χ0) is 12.6. The van der Waals surface area contributed by atoms with E-state index in [4.69, 9.17) is 10.5 Å². The Balaban J connectivity index is 2.25. The fourth-order valence-electron chi connectivity index (χ4n) is 2.05. The number of rotatable bonds is 0. The fourth-order valence-corrected chi connectivity index (χ4v) is 2.05. The van der Waals surface area contributed by atoms with E-state index < -0.39 is 11.7 Å². The summed E-state index contributed by atoms with van der Waals surface area (Å²) in [4.78, 5) is 11.9. The van der Waals surface area contributed by atoms with Crippen molar-refractivity contribution in [2.45, 2.75) is 51.7 Å². The number of ether oxygens (including phenoxy) is 1. The van der Waals surface area contributed by atoms with Crippen LogP contribution in [-0.2, 0) is 11.2 Å². The molecule has 0 radical (unpaired) electrons. The maximum absolute atomic E-state index is 11.9. The molecule has 0 aromatic carbocycles. The molecule has 1 unspecified atom stereocenters. The third-order valence-corrected chi connectivity index (χ3v) is 2.80. The molecule has 5 nitrogen and oxygen atoms in total. The van der Waals surface area contributed by atoms with Crippen LogP contribution in [0.5, 0.6) is 0 Å². The third-order valence-electron chi connectivity index (χ3n) is 2.80. The van der Waals surface area contributed by atoms with Crippen molar-refractivity contribution < 1.29 is 9.53 Å². The van der Waals surface area contributed by atoms with Crippen molar-refractivity contribution in [2.75, 3.05) is 0 Å². The van der Waals surface area contributed by atoms with E-state index >= 15 is 0 Å². The summed E-state index contributed by atoms with van der Waals surface area (Å²) >= 11 is 0. The summed E-state index contributed by atoms with van der Waals surface area (Å²) in [6.45, 7) is 5.52. The molecular weight excluding hydrogens is 218 g/mol. The van der Waals surface area contributed by atoms with Gasteiger partial charge in [-0.3, -0.25) is 0 Å². The first-order valence-electron chi connectivity index (χ1n) is 5.94. The van der Waals surface area contributed by atoms with Crippen LogP contribution in [0.2, 0.25) is 0 Å². The van der Waals surface area contributed by atoms with E-state index in [9.17, 15) is 4.79 Å². The van der Waals surface area contributed by atoms with Crippen LogP contribution in [0.1, 0.15) is 50.9 Å². The summed E-state index contributed by atoms with van der Waals surface area (Å²) in [5.41, 5.74) is 7.35. The summed E-state index contributed by atoms with van der Waals surface area (Å²) in [5, 5.41) is 4.09. The maximum Gasteiger partial charge on any atom is 0.435 e. The molecule has 5 heteroatoms. The average Bonchev–Trinajstić information content (AvgIpc) is 2.60. The molecule has 0 saturated heterocycles. The standard InChI is InChI=1S/C12H19N3O2/c1-12(2,3)17-11(16)15-10-6-4-5-9(13)8(10)7-14-15/h7,9H,4-6,13H2,1-3H3. The second-order valence-corrected chi connectivity index (χ2v) is 5.44. The van der Waals surface area contributed by atoms with Crippen molar-refractivity contribution in [2.24, 2.45) is 5.73 Å². The molecule has 1 aliphatic carbocycles. The molecular formula is C12H19N3O2. The molecule has 2 rings (SSSR count). The van der Waals surface area contributed by atoms with Crippen molar-refractivity contribution >= 4 is 6.09 Å². The van der Waals surface area contributed by atoms with E-state index in [0.29, 0.717) is 0 Å². The van der Waals surface area contributed by atoms with Gasteiger partial charge in [0.25, 0.3) is 0 Å². The first-order valence-corrected chi connectivity index (χ1v) is 5.94. The quantitative estimate of drug-likeness (QED) is 0.749. The van der Waals surface area contributed by atoms with E-state index in [0.717, 1.165) is 30.5 Å². The Labute approximate surface area is 101 Å². The molecule has 0 amide bonds. The van der Waals surface area contributed by atoms with Crippen LogP contribution in [0.15, 0.2) is 6.20 Å². The molecule has 1 aromatic rings. The number of carbonyl (C=O) groups excluding carboxylic acids is 1. The highest BCUT2D eigenvalue weighted by Crippen LogP contribution is 2.27. The van der Waals surface area contributed by atoms with Crippen LogP contribution < -0.4 is 5.73 Å². The molecule has 2 N–H and O–H groups in total. The van der Waals surface area contributed by atoms with Gasteiger partial charge in [-0.15, -0.1) is 0 Å². The van der Waals surface area contributed by atoms with E-state index in [1.807, 2.05) is 20.8 Å². The molecule has 1 heterocycles. The Bertz CT molecular complexity index is 431. The highest BCUT2D eigenvalue weighted by molar-refractivity contribution is 5.71. The predicted molar refractivity (Wildman–Crippen MR) is 63.7 cm³/mol. The van der Waals surface area contributed by atoms with Crippen LogP contribution in [0.3, 0.4) is 0 Å². The predicted octanol–water partition coefficient (Wildman–Crippen LogP) is 2.00. The Morgan fingerprint density at radius 3 is 2.94 bits per heavy atom. The van der Waals surface area contributed by atoms with Gasteiger partial charge in [-0.1, -0.05) is 0 Å². The van der Waals surface area contributed by atoms with Crippen LogP contribution in [0, 0.1) is 0 Å². The van der Waals surface area contributed by atoms with E-state index in [1.165, 1.54) is 4.68 Å². The summed E-state index contributed by atoms with van der Waals surface area (Å²) in [6.07, 6.45) is 4.04. The number of fused-ring (bicyclic) bond motifs is 1. The summed E-state index contributed by atoms with van der Waals surface area (Å²) in [6, 6.07) is -0.00469. The smallest absolute Gasteiger partial charge is 0.435 e. The minimum Gasteiger partial charge on any atom is -0.442 e. The van der Waals surface area contributed by atoms with Crippen molar-refractivity contribution in [1.82, 2.24) is 9.78 Å². The van der Waals surface area contributed by atoms with Crippen LogP contribution >= 0.6 is 0 Å². The maximum atomic E-state index is 11.9. The molecule has 0 fully saturated rings. The minimum atomic E-state index is -0.507. The van der Waals surface area contributed by atoms with Crippen LogP contribution in [0.4, 0.5) is 4.79 Å². The zero-order valence-electron chi connectivity index (χ0n) is 10.6. The molecule has 94 valence electrons. The summed E-state index contributed by atoms with van der Waals surface area (Å²) < 4.78 is 6.65. The zero-order valence-corrected chi connectivity index (χ0v) is 10.6. The number of carbonyl (C=O) groups is 1. The molecule has 0 aliphatic heterocycles. The Morgan fingerprint density at radius 2 is 2.29 bits per heavy atom. The van der Waals surface area contributed by atoms with Gasteiger partial charge in [-0.2, -0.15) is 9.78 Å². The summed E-state index contributed by atoms with van der Waals surface area (Å²) in [7, 11) is 0. The van der Waals surface area contributed by atoms with Gasteiger partial charge in [0.05, 0.1) is 11.9 Å². The van der Waals surface area contributed by atoms with E-state index in [2.05, 4.69) is 5.10 Å².